The average Bonchev–Trinajstić information content (AvgIpc) is 2.14. The SMILES string of the molecule is C=CCNCC(=O)N(C)CCC(C)C. The molecule has 0 fully saturated rings. The molecule has 0 saturated heterocycles. The average molecular weight is 198 g/mol. The van der Waals surface area contributed by atoms with E-state index in [1.54, 1.807) is 11.0 Å². The number of carbonyl (C=O) groups excluding carboxylic acids is 1. The second kappa shape index (κ2) is 7.56. The fourth-order valence-corrected chi connectivity index (χ4v) is 0.993. The van der Waals surface area contributed by atoms with E-state index in [2.05, 4.69) is 25.7 Å². The first-order valence-electron chi connectivity index (χ1n) is 5.13. The molecule has 0 atom stereocenters. The van der Waals surface area contributed by atoms with Crippen LogP contribution < -0.4 is 5.32 Å². The summed E-state index contributed by atoms with van der Waals surface area (Å²) in [6.07, 6.45) is 2.81. The number of likely N-dealkylation sites (N-methyl/N-ethyl adjacent to an activating group) is 1. The van der Waals surface area contributed by atoms with Gasteiger partial charge in [-0.05, 0) is 12.3 Å². The number of hydrogen-bond acceptors (Lipinski definition) is 2. The number of nitrogens with zero attached hydrogens (tertiary/aromatic N) is 1. The van der Waals surface area contributed by atoms with Crippen LogP contribution in [0.3, 0.4) is 0 Å². The molecule has 0 heterocycles. The molecule has 0 aromatic heterocycles. The van der Waals surface area contributed by atoms with E-state index < -0.39 is 0 Å². The maximum absolute atomic E-state index is 11.5. The minimum absolute atomic E-state index is 0.146. The molecule has 3 nitrogen and oxygen atoms in total. The molecule has 0 saturated carbocycles. The molecule has 1 amide bonds. The largest absolute Gasteiger partial charge is 0.345 e. The van der Waals surface area contributed by atoms with Gasteiger partial charge in [0, 0.05) is 20.1 Å². The summed E-state index contributed by atoms with van der Waals surface area (Å²) in [6, 6.07) is 0. The molecule has 3 heteroatoms. The Bertz CT molecular complexity index is 178. The molecule has 0 aliphatic rings. The van der Waals surface area contributed by atoms with Crippen molar-refractivity contribution in [2.75, 3.05) is 26.7 Å². The highest BCUT2D eigenvalue weighted by atomic mass is 16.2. The van der Waals surface area contributed by atoms with Crippen molar-refractivity contribution in [2.24, 2.45) is 5.92 Å². The first kappa shape index (κ1) is 13.2. The molecular formula is C11H22N2O. The summed E-state index contributed by atoms with van der Waals surface area (Å²) in [6.45, 7) is 9.82. The van der Waals surface area contributed by atoms with Gasteiger partial charge >= 0.3 is 0 Å². The second-order valence-corrected chi connectivity index (χ2v) is 3.92. The Hall–Kier alpha value is -0.830. The molecule has 1 N–H and O–H groups in total. The van der Waals surface area contributed by atoms with E-state index in [0.29, 0.717) is 19.0 Å². The highest BCUT2D eigenvalue weighted by Gasteiger charge is 2.07. The highest BCUT2D eigenvalue weighted by Crippen LogP contribution is 2.00. The number of rotatable bonds is 7. The van der Waals surface area contributed by atoms with Gasteiger partial charge in [0.25, 0.3) is 0 Å². The number of hydrogen-bond donors (Lipinski definition) is 1. The van der Waals surface area contributed by atoms with Crippen LogP contribution in [0.4, 0.5) is 0 Å². The first-order chi connectivity index (χ1) is 6.57. The van der Waals surface area contributed by atoms with Gasteiger partial charge in [0.15, 0.2) is 0 Å². The summed E-state index contributed by atoms with van der Waals surface area (Å²) >= 11 is 0. The van der Waals surface area contributed by atoms with Crippen molar-refractivity contribution in [2.45, 2.75) is 20.3 Å². The standard InChI is InChI=1S/C11H22N2O/c1-5-7-12-9-11(14)13(4)8-6-10(2)3/h5,10,12H,1,6-9H2,2-4H3. The molecule has 0 aliphatic heterocycles. The molecule has 0 radical (unpaired) electrons. The normalized spacial score (nSPS) is 10.3. The summed E-state index contributed by atoms with van der Waals surface area (Å²) in [5.74, 6) is 0.791. The summed E-state index contributed by atoms with van der Waals surface area (Å²) in [5, 5.41) is 2.99. The monoisotopic (exact) mass is 198 g/mol. The Balaban J connectivity index is 3.59. The van der Waals surface area contributed by atoms with Gasteiger partial charge in [-0.15, -0.1) is 6.58 Å². The van der Waals surface area contributed by atoms with Gasteiger partial charge in [-0.1, -0.05) is 19.9 Å². The Labute approximate surface area is 87.2 Å². The lowest BCUT2D eigenvalue weighted by Crippen LogP contribution is -2.36. The van der Waals surface area contributed by atoms with E-state index in [1.165, 1.54) is 0 Å². The third-order valence-electron chi connectivity index (χ3n) is 2.03. The molecule has 0 aromatic carbocycles. The minimum atomic E-state index is 0.146. The van der Waals surface area contributed by atoms with Crippen LogP contribution in [0.2, 0.25) is 0 Å². The van der Waals surface area contributed by atoms with Crippen molar-refractivity contribution < 1.29 is 4.79 Å². The van der Waals surface area contributed by atoms with Crippen molar-refractivity contribution in [1.29, 1.82) is 0 Å². The maximum atomic E-state index is 11.5. The van der Waals surface area contributed by atoms with Gasteiger partial charge in [-0.2, -0.15) is 0 Å². The van der Waals surface area contributed by atoms with Gasteiger partial charge in [0.2, 0.25) is 5.91 Å². The van der Waals surface area contributed by atoms with Crippen molar-refractivity contribution in [1.82, 2.24) is 10.2 Å². The fraction of sp³-hybridized carbons (Fsp3) is 0.727. The van der Waals surface area contributed by atoms with Gasteiger partial charge in [-0.25, -0.2) is 0 Å². The number of carbonyl (C=O) groups is 1. The topological polar surface area (TPSA) is 32.3 Å². The van der Waals surface area contributed by atoms with Crippen LogP contribution in [-0.2, 0) is 4.79 Å². The third kappa shape index (κ3) is 6.66. The van der Waals surface area contributed by atoms with E-state index in [9.17, 15) is 4.79 Å². The minimum Gasteiger partial charge on any atom is -0.345 e. The molecule has 14 heavy (non-hydrogen) atoms. The Morgan fingerprint density at radius 1 is 1.57 bits per heavy atom. The zero-order valence-corrected chi connectivity index (χ0v) is 9.55. The zero-order valence-electron chi connectivity index (χ0n) is 9.55. The van der Waals surface area contributed by atoms with Crippen LogP contribution in [0.1, 0.15) is 20.3 Å². The lowest BCUT2D eigenvalue weighted by Gasteiger charge is -2.18. The third-order valence-corrected chi connectivity index (χ3v) is 2.03. The highest BCUT2D eigenvalue weighted by molar-refractivity contribution is 5.77. The molecule has 0 aromatic rings. The van der Waals surface area contributed by atoms with Crippen LogP contribution >= 0.6 is 0 Å². The van der Waals surface area contributed by atoms with Gasteiger partial charge in [0.05, 0.1) is 6.54 Å². The molecule has 0 spiro atoms. The Morgan fingerprint density at radius 3 is 2.71 bits per heavy atom. The second-order valence-electron chi connectivity index (χ2n) is 3.92. The molecule has 0 bridgehead atoms. The van der Waals surface area contributed by atoms with Crippen molar-refractivity contribution in [3.63, 3.8) is 0 Å². The predicted octanol–water partition coefficient (Wildman–Crippen LogP) is 1.27. The summed E-state index contributed by atoms with van der Waals surface area (Å²) < 4.78 is 0. The van der Waals surface area contributed by atoms with E-state index >= 15 is 0 Å². The summed E-state index contributed by atoms with van der Waals surface area (Å²) in [4.78, 5) is 13.2. The predicted molar refractivity (Wildman–Crippen MR) is 60.2 cm³/mol. The number of nitrogens with one attached hydrogen (secondary N) is 1. The number of amides is 1. The lowest BCUT2D eigenvalue weighted by atomic mass is 10.1. The smallest absolute Gasteiger partial charge is 0.236 e. The van der Waals surface area contributed by atoms with Gasteiger partial charge < -0.3 is 10.2 Å². The van der Waals surface area contributed by atoms with Crippen LogP contribution in [0, 0.1) is 5.92 Å². The van der Waals surface area contributed by atoms with Gasteiger partial charge in [-0.3, -0.25) is 4.79 Å². The van der Waals surface area contributed by atoms with Crippen LogP contribution in [0.5, 0.6) is 0 Å². The van der Waals surface area contributed by atoms with Gasteiger partial charge in [0.1, 0.15) is 0 Å². The molecular weight excluding hydrogens is 176 g/mol. The molecule has 82 valence electrons. The Kier molecular flexibility index (Phi) is 7.11. The molecule has 0 rings (SSSR count). The molecule has 0 unspecified atom stereocenters. The van der Waals surface area contributed by atoms with E-state index in [4.69, 9.17) is 0 Å². The molecule has 0 aliphatic carbocycles. The van der Waals surface area contributed by atoms with Crippen molar-refractivity contribution in [3.05, 3.63) is 12.7 Å². The summed E-state index contributed by atoms with van der Waals surface area (Å²) in [7, 11) is 1.85. The maximum Gasteiger partial charge on any atom is 0.236 e. The van der Waals surface area contributed by atoms with Crippen molar-refractivity contribution in [3.8, 4) is 0 Å². The van der Waals surface area contributed by atoms with Crippen LogP contribution in [-0.4, -0.2) is 37.5 Å². The van der Waals surface area contributed by atoms with Crippen molar-refractivity contribution >= 4 is 5.91 Å². The van der Waals surface area contributed by atoms with E-state index in [-0.39, 0.29) is 5.91 Å². The van der Waals surface area contributed by atoms with E-state index in [0.717, 1.165) is 13.0 Å². The first-order valence-corrected chi connectivity index (χ1v) is 5.13. The van der Waals surface area contributed by atoms with Crippen LogP contribution in [0.25, 0.3) is 0 Å². The van der Waals surface area contributed by atoms with Crippen LogP contribution in [0.15, 0.2) is 12.7 Å². The summed E-state index contributed by atoms with van der Waals surface area (Å²) in [5.41, 5.74) is 0. The lowest BCUT2D eigenvalue weighted by molar-refractivity contribution is -0.129. The quantitative estimate of drug-likeness (QED) is 0.493. The Morgan fingerprint density at radius 2 is 2.21 bits per heavy atom. The fourth-order valence-electron chi connectivity index (χ4n) is 0.993. The zero-order chi connectivity index (χ0) is 11.0. The van der Waals surface area contributed by atoms with E-state index in [1.807, 2.05) is 7.05 Å².